The molecule has 1 aromatic carbocycles. The Morgan fingerprint density at radius 1 is 1.08 bits per heavy atom. The van der Waals surface area contributed by atoms with Gasteiger partial charge in [0.25, 0.3) is 0 Å². The van der Waals surface area contributed by atoms with Gasteiger partial charge in [0, 0.05) is 11.7 Å². The van der Waals surface area contributed by atoms with Crippen molar-refractivity contribution in [1.29, 1.82) is 0 Å². The van der Waals surface area contributed by atoms with E-state index in [4.69, 9.17) is 4.99 Å². The number of amides is 2. The standard InChI is InChI=1S/C19H27N3OS/c1-19(2,3)20-17-22(16-12-8-5-9-13-16)18(23)21(14-24-17)15-10-6-4-7-11-15/h4,6-7,10-11,16H,5,8-9,12-14H2,1-3H3/b20-17-. The van der Waals surface area contributed by atoms with Crippen LogP contribution < -0.4 is 4.90 Å². The Morgan fingerprint density at radius 3 is 2.38 bits per heavy atom. The highest BCUT2D eigenvalue weighted by molar-refractivity contribution is 8.14. The van der Waals surface area contributed by atoms with Crippen LogP contribution in [0.5, 0.6) is 0 Å². The molecule has 1 saturated carbocycles. The van der Waals surface area contributed by atoms with Gasteiger partial charge >= 0.3 is 6.03 Å². The van der Waals surface area contributed by atoms with Crippen LogP contribution in [0.1, 0.15) is 52.9 Å². The van der Waals surface area contributed by atoms with Crippen LogP contribution in [0.2, 0.25) is 0 Å². The van der Waals surface area contributed by atoms with Crippen molar-refractivity contribution in [2.45, 2.75) is 64.5 Å². The first-order valence-electron chi connectivity index (χ1n) is 8.84. The van der Waals surface area contributed by atoms with Crippen molar-refractivity contribution in [2.75, 3.05) is 10.8 Å². The Balaban J connectivity index is 1.91. The fourth-order valence-electron chi connectivity index (χ4n) is 3.28. The van der Waals surface area contributed by atoms with E-state index >= 15 is 0 Å². The molecule has 5 heteroatoms. The van der Waals surface area contributed by atoms with Gasteiger partial charge in [0.2, 0.25) is 0 Å². The maximum absolute atomic E-state index is 13.3. The molecule has 0 spiro atoms. The number of hydrogen-bond acceptors (Lipinski definition) is 3. The van der Waals surface area contributed by atoms with Crippen molar-refractivity contribution in [1.82, 2.24) is 4.90 Å². The van der Waals surface area contributed by atoms with Crippen molar-refractivity contribution in [2.24, 2.45) is 4.99 Å². The first-order valence-corrected chi connectivity index (χ1v) is 9.83. The Hall–Kier alpha value is -1.49. The smallest absolute Gasteiger partial charge is 0.284 e. The van der Waals surface area contributed by atoms with E-state index in [-0.39, 0.29) is 17.6 Å². The zero-order chi connectivity index (χ0) is 17.2. The second kappa shape index (κ2) is 7.18. The van der Waals surface area contributed by atoms with Crippen LogP contribution in [0.4, 0.5) is 10.5 Å². The molecule has 3 rings (SSSR count). The number of carbonyl (C=O) groups excluding carboxylic acids is 1. The maximum Gasteiger partial charge on any atom is 0.331 e. The highest BCUT2D eigenvalue weighted by Crippen LogP contribution is 2.33. The first-order chi connectivity index (χ1) is 11.5. The van der Waals surface area contributed by atoms with Gasteiger partial charge in [-0.15, -0.1) is 0 Å². The summed E-state index contributed by atoms with van der Waals surface area (Å²) in [6.07, 6.45) is 5.84. The summed E-state index contributed by atoms with van der Waals surface area (Å²) in [5, 5.41) is 0.895. The molecule has 1 aliphatic heterocycles. The van der Waals surface area contributed by atoms with Gasteiger partial charge in [-0.2, -0.15) is 0 Å². The van der Waals surface area contributed by atoms with Gasteiger partial charge in [-0.3, -0.25) is 14.8 Å². The van der Waals surface area contributed by atoms with E-state index in [1.807, 2.05) is 40.1 Å². The fourth-order valence-corrected chi connectivity index (χ4v) is 4.49. The largest absolute Gasteiger partial charge is 0.331 e. The highest BCUT2D eigenvalue weighted by atomic mass is 32.2. The fraction of sp³-hybridized carbons (Fsp3) is 0.579. The summed E-state index contributed by atoms with van der Waals surface area (Å²) < 4.78 is 0. The molecule has 0 N–H and O–H groups in total. The average molecular weight is 346 g/mol. The molecule has 1 aromatic rings. The Kier molecular flexibility index (Phi) is 5.18. The quantitative estimate of drug-likeness (QED) is 0.747. The van der Waals surface area contributed by atoms with E-state index in [2.05, 4.69) is 20.8 Å². The zero-order valence-electron chi connectivity index (χ0n) is 14.9. The lowest BCUT2D eigenvalue weighted by atomic mass is 9.94. The number of thioether (sulfide) groups is 1. The molecule has 1 heterocycles. The summed E-state index contributed by atoms with van der Waals surface area (Å²) in [5.74, 6) is 0.626. The van der Waals surface area contributed by atoms with Gasteiger partial charge in [0.15, 0.2) is 5.17 Å². The normalized spacial score (nSPS) is 22.3. The van der Waals surface area contributed by atoms with Crippen molar-refractivity contribution < 1.29 is 4.79 Å². The van der Waals surface area contributed by atoms with Crippen LogP contribution in [0.3, 0.4) is 0 Å². The molecule has 0 aromatic heterocycles. The van der Waals surface area contributed by atoms with Crippen molar-refractivity contribution in [3.8, 4) is 0 Å². The molecular weight excluding hydrogens is 318 g/mol. The molecule has 2 fully saturated rings. The third-order valence-electron chi connectivity index (χ3n) is 4.40. The van der Waals surface area contributed by atoms with Crippen LogP contribution in [-0.2, 0) is 0 Å². The molecule has 1 aliphatic carbocycles. The Morgan fingerprint density at radius 2 is 1.75 bits per heavy atom. The van der Waals surface area contributed by atoms with Crippen LogP contribution in [0, 0.1) is 0 Å². The second-order valence-electron chi connectivity index (χ2n) is 7.55. The number of hydrogen-bond donors (Lipinski definition) is 0. The van der Waals surface area contributed by atoms with Crippen LogP contribution in [-0.4, -0.2) is 33.6 Å². The van der Waals surface area contributed by atoms with Crippen molar-refractivity contribution in [3.63, 3.8) is 0 Å². The van der Waals surface area contributed by atoms with Crippen LogP contribution in [0.15, 0.2) is 35.3 Å². The molecule has 24 heavy (non-hydrogen) atoms. The highest BCUT2D eigenvalue weighted by Gasteiger charge is 2.38. The number of aliphatic imine (C=N–C) groups is 1. The van der Waals surface area contributed by atoms with Gasteiger partial charge in [0.1, 0.15) is 0 Å². The molecule has 1 saturated heterocycles. The number of nitrogens with zero attached hydrogens (tertiary/aromatic N) is 3. The van der Waals surface area contributed by atoms with E-state index in [1.54, 1.807) is 11.8 Å². The zero-order valence-corrected chi connectivity index (χ0v) is 15.7. The third-order valence-corrected chi connectivity index (χ3v) is 5.34. The molecule has 0 unspecified atom stereocenters. The lowest BCUT2D eigenvalue weighted by Gasteiger charge is -2.42. The van der Waals surface area contributed by atoms with Gasteiger partial charge in [-0.25, -0.2) is 4.79 Å². The van der Waals surface area contributed by atoms with Crippen molar-refractivity contribution in [3.05, 3.63) is 30.3 Å². The van der Waals surface area contributed by atoms with E-state index in [0.717, 1.165) is 23.7 Å². The molecule has 0 atom stereocenters. The minimum absolute atomic E-state index is 0.0786. The van der Waals surface area contributed by atoms with Gasteiger partial charge in [-0.05, 0) is 45.7 Å². The number of anilines is 1. The number of rotatable bonds is 2. The number of benzene rings is 1. The molecular formula is C19H27N3OS. The minimum atomic E-state index is -0.176. The second-order valence-corrected chi connectivity index (χ2v) is 8.46. The molecule has 2 amide bonds. The monoisotopic (exact) mass is 345 g/mol. The number of urea groups is 1. The SMILES string of the molecule is CC(C)(C)/N=C1\SCN(c2ccccc2)C(=O)N1C1CCCCC1. The summed E-state index contributed by atoms with van der Waals surface area (Å²) in [6.45, 7) is 6.27. The van der Waals surface area contributed by atoms with Crippen LogP contribution in [0.25, 0.3) is 0 Å². The van der Waals surface area contributed by atoms with Gasteiger partial charge < -0.3 is 0 Å². The lowest BCUT2D eigenvalue weighted by molar-refractivity contribution is 0.202. The minimum Gasteiger partial charge on any atom is -0.284 e. The summed E-state index contributed by atoms with van der Waals surface area (Å²) in [5.41, 5.74) is 0.787. The maximum atomic E-state index is 13.3. The van der Waals surface area contributed by atoms with E-state index < -0.39 is 0 Å². The summed E-state index contributed by atoms with van der Waals surface area (Å²) in [4.78, 5) is 22.0. The molecule has 4 nitrogen and oxygen atoms in total. The van der Waals surface area contributed by atoms with E-state index in [1.165, 1.54) is 19.3 Å². The number of amidine groups is 1. The molecule has 0 bridgehead atoms. The van der Waals surface area contributed by atoms with Crippen LogP contribution >= 0.6 is 11.8 Å². The van der Waals surface area contributed by atoms with Gasteiger partial charge in [0.05, 0.1) is 11.4 Å². The molecule has 130 valence electrons. The topological polar surface area (TPSA) is 35.9 Å². The molecule has 2 aliphatic rings. The number of carbonyl (C=O) groups is 1. The van der Waals surface area contributed by atoms with E-state index in [9.17, 15) is 4.79 Å². The molecule has 0 radical (unpaired) electrons. The number of para-hydroxylation sites is 1. The lowest BCUT2D eigenvalue weighted by Crippen LogP contribution is -2.55. The summed E-state index contributed by atoms with van der Waals surface area (Å²) in [6, 6.07) is 10.3. The Bertz CT molecular complexity index is 603. The predicted octanol–water partition coefficient (Wildman–Crippen LogP) is 5.11. The third kappa shape index (κ3) is 3.94. The summed E-state index contributed by atoms with van der Waals surface area (Å²) >= 11 is 1.68. The van der Waals surface area contributed by atoms with Crippen molar-refractivity contribution >= 4 is 28.6 Å². The van der Waals surface area contributed by atoms with Gasteiger partial charge in [-0.1, -0.05) is 49.2 Å². The Labute approximate surface area is 149 Å². The predicted molar refractivity (Wildman–Crippen MR) is 103 cm³/mol. The van der Waals surface area contributed by atoms with E-state index in [0.29, 0.717) is 5.88 Å². The average Bonchev–Trinajstić information content (AvgIpc) is 2.55. The first kappa shape index (κ1) is 17.3. The summed E-state index contributed by atoms with van der Waals surface area (Å²) in [7, 11) is 0.